The lowest BCUT2D eigenvalue weighted by Gasteiger charge is -1.88. The molecule has 2 aromatic rings. The van der Waals surface area contributed by atoms with Gasteiger partial charge in [0.1, 0.15) is 5.69 Å². The Morgan fingerprint density at radius 3 is 3.23 bits per heavy atom. The summed E-state index contributed by atoms with van der Waals surface area (Å²) in [5.41, 5.74) is 1.63. The number of nitrogens with one attached hydrogen (secondary N) is 1. The second-order valence-electron chi connectivity index (χ2n) is 2.46. The molecule has 0 fully saturated rings. The summed E-state index contributed by atoms with van der Waals surface area (Å²) in [5, 5.41) is 7.71. The van der Waals surface area contributed by atoms with E-state index in [-0.39, 0.29) is 0 Å². The number of aromatic nitrogens is 3. The Morgan fingerprint density at radius 1 is 1.46 bits per heavy atom. The number of rotatable bonds is 0. The molecule has 2 rings (SSSR count). The van der Waals surface area contributed by atoms with Crippen molar-refractivity contribution in [2.45, 2.75) is 0 Å². The zero-order chi connectivity index (χ0) is 9.10. The van der Waals surface area contributed by atoms with Crippen molar-refractivity contribution >= 4 is 22.5 Å². The molecular formula is C9H6ClN3. The molecule has 0 unspecified atom stereocenters. The van der Waals surface area contributed by atoms with Gasteiger partial charge in [-0.15, -0.1) is 11.6 Å². The van der Waals surface area contributed by atoms with Crippen LogP contribution in [0.4, 0.5) is 0 Å². The minimum Gasteiger partial charge on any atom is -0.276 e. The van der Waals surface area contributed by atoms with Gasteiger partial charge in [0.2, 0.25) is 0 Å². The lowest BCUT2D eigenvalue weighted by molar-refractivity contribution is 1.11. The molecule has 0 atom stereocenters. The van der Waals surface area contributed by atoms with Crippen molar-refractivity contribution in [2.24, 2.45) is 0 Å². The average Bonchev–Trinajstić information content (AvgIpc) is 2.61. The predicted octanol–water partition coefficient (Wildman–Crippen LogP) is 1.55. The van der Waals surface area contributed by atoms with Gasteiger partial charge in [0.05, 0.1) is 23.8 Å². The summed E-state index contributed by atoms with van der Waals surface area (Å²) >= 11 is 5.43. The summed E-state index contributed by atoms with van der Waals surface area (Å²) in [5.74, 6) is 5.91. The van der Waals surface area contributed by atoms with Crippen LogP contribution in [0.25, 0.3) is 10.9 Å². The molecule has 0 aliphatic carbocycles. The van der Waals surface area contributed by atoms with Gasteiger partial charge in [-0.2, -0.15) is 5.10 Å². The van der Waals surface area contributed by atoms with E-state index < -0.39 is 0 Å². The SMILES string of the molecule is ClCC#Cc1cc2cn[nH]c2cn1. The topological polar surface area (TPSA) is 41.6 Å². The van der Waals surface area contributed by atoms with E-state index in [1.165, 1.54) is 0 Å². The van der Waals surface area contributed by atoms with Crippen LogP contribution in [0.3, 0.4) is 0 Å². The van der Waals surface area contributed by atoms with Crippen molar-refractivity contribution in [1.29, 1.82) is 0 Å². The maximum Gasteiger partial charge on any atom is 0.113 e. The number of hydrogen-bond donors (Lipinski definition) is 1. The smallest absolute Gasteiger partial charge is 0.113 e. The number of fused-ring (bicyclic) bond motifs is 1. The maximum atomic E-state index is 5.43. The molecule has 0 aliphatic heterocycles. The van der Waals surface area contributed by atoms with Gasteiger partial charge in [-0.1, -0.05) is 5.92 Å². The Hall–Kier alpha value is -1.53. The van der Waals surface area contributed by atoms with Gasteiger partial charge in [0.15, 0.2) is 0 Å². The number of pyridine rings is 1. The summed E-state index contributed by atoms with van der Waals surface area (Å²) in [7, 11) is 0. The van der Waals surface area contributed by atoms with Gasteiger partial charge in [-0.25, -0.2) is 4.98 Å². The second-order valence-corrected chi connectivity index (χ2v) is 2.73. The van der Waals surface area contributed by atoms with Crippen LogP contribution in [-0.4, -0.2) is 21.1 Å². The van der Waals surface area contributed by atoms with Gasteiger partial charge < -0.3 is 0 Å². The van der Waals surface area contributed by atoms with Crippen molar-refractivity contribution in [2.75, 3.05) is 5.88 Å². The molecule has 64 valence electrons. The summed E-state index contributed by atoms with van der Waals surface area (Å²) in [6, 6.07) is 1.87. The highest BCUT2D eigenvalue weighted by molar-refractivity contribution is 6.19. The van der Waals surface area contributed by atoms with Crippen molar-refractivity contribution in [3.63, 3.8) is 0 Å². The molecule has 0 radical (unpaired) electrons. The van der Waals surface area contributed by atoms with Crippen molar-refractivity contribution < 1.29 is 0 Å². The van der Waals surface area contributed by atoms with Gasteiger partial charge in [0, 0.05) is 5.39 Å². The van der Waals surface area contributed by atoms with Gasteiger partial charge in [-0.3, -0.25) is 5.10 Å². The molecule has 0 aliphatic rings. The van der Waals surface area contributed by atoms with Crippen molar-refractivity contribution in [3.05, 3.63) is 24.2 Å². The van der Waals surface area contributed by atoms with Crippen LogP contribution in [-0.2, 0) is 0 Å². The van der Waals surface area contributed by atoms with E-state index in [2.05, 4.69) is 27.0 Å². The molecule has 2 heterocycles. The third kappa shape index (κ3) is 1.63. The largest absolute Gasteiger partial charge is 0.276 e. The lowest BCUT2D eigenvalue weighted by atomic mass is 10.3. The van der Waals surface area contributed by atoms with Gasteiger partial charge >= 0.3 is 0 Å². The third-order valence-corrected chi connectivity index (χ3v) is 1.74. The Kier molecular flexibility index (Phi) is 2.15. The minimum absolute atomic E-state index is 0.325. The fraction of sp³-hybridized carbons (Fsp3) is 0.111. The van der Waals surface area contributed by atoms with Crippen LogP contribution in [0.1, 0.15) is 5.69 Å². The molecular weight excluding hydrogens is 186 g/mol. The van der Waals surface area contributed by atoms with Crippen molar-refractivity contribution in [3.8, 4) is 11.8 Å². The monoisotopic (exact) mass is 191 g/mol. The van der Waals surface area contributed by atoms with Crippen molar-refractivity contribution in [1.82, 2.24) is 15.2 Å². The van der Waals surface area contributed by atoms with E-state index in [0.717, 1.165) is 16.6 Å². The first-order chi connectivity index (χ1) is 6.40. The summed E-state index contributed by atoms with van der Waals surface area (Å²) < 4.78 is 0. The maximum absolute atomic E-state index is 5.43. The molecule has 0 aromatic carbocycles. The molecule has 0 spiro atoms. The van der Waals surface area contributed by atoms with Gasteiger partial charge in [-0.05, 0) is 12.0 Å². The minimum atomic E-state index is 0.325. The Bertz CT molecular complexity index is 478. The molecule has 4 heteroatoms. The fourth-order valence-corrected chi connectivity index (χ4v) is 1.10. The van der Waals surface area contributed by atoms with Gasteiger partial charge in [0.25, 0.3) is 0 Å². The standard InChI is InChI=1S/C9H6ClN3/c10-3-1-2-8-4-7-5-12-13-9(7)6-11-8/h4-6H,3H2,(H,12,13). The number of nitrogens with zero attached hydrogens (tertiary/aromatic N) is 2. The predicted molar refractivity (Wildman–Crippen MR) is 51.5 cm³/mol. The highest BCUT2D eigenvalue weighted by Gasteiger charge is 1.95. The first-order valence-electron chi connectivity index (χ1n) is 3.74. The second kappa shape index (κ2) is 3.46. The zero-order valence-electron chi connectivity index (χ0n) is 6.71. The van der Waals surface area contributed by atoms with E-state index in [4.69, 9.17) is 11.6 Å². The van der Waals surface area contributed by atoms with Crippen LogP contribution in [0.15, 0.2) is 18.5 Å². The van der Waals surface area contributed by atoms with E-state index >= 15 is 0 Å². The van der Waals surface area contributed by atoms with Crippen LogP contribution < -0.4 is 0 Å². The number of H-pyrrole nitrogens is 1. The first-order valence-corrected chi connectivity index (χ1v) is 4.27. The highest BCUT2D eigenvalue weighted by Crippen LogP contribution is 2.08. The van der Waals surface area contributed by atoms with Crippen LogP contribution in [0.2, 0.25) is 0 Å². The van der Waals surface area contributed by atoms with E-state index in [1.54, 1.807) is 12.4 Å². The molecule has 2 aromatic heterocycles. The molecule has 0 saturated heterocycles. The normalized spacial score (nSPS) is 9.62. The lowest BCUT2D eigenvalue weighted by Crippen LogP contribution is -1.81. The Labute approximate surface area is 80.1 Å². The average molecular weight is 192 g/mol. The Balaban J connectivity index is 2.48. The quantitative estimate of drug-likeness (QED) is 0.507. The molecule has 0 saturated carbocycles. The highest BCUT2D eigenvalue weighted by atomic mass is 35.5. The van der Waals surface area contributed by atoms with Crippen LogP contribution in [0.5, 0.6) is 0 Å². The summed E-state index contributed by atoms with van der Waals surface area (Å²) in [6.07, 6.45) is 3.45. The number of hydrogen-bond acceptors (Lipinski definition) is 2. The summed E-state index contributed by atoms with van der Waals surface area (Å²) in [6.45, 7) is 0. The number of aromatic amines is 1. The molecule has 0 amide bonds. The van der Waals surface area contributed by atoms with Crippen LogP contribution >= 0.6 is 11.6 Å². The van der Waals surface area contributed by atoms with E-state index in [0.29, 0.717) is 5.88 Å². The fourth-order valence-electron chi connectivity index (χ4n) is 1.03. The molecule has 13 heavy (non-hydrogen) atoms. The molecule has 0 bridgehead atoms. The third-order valence-electron chi connectivity index (χ3n) is 1.61. The van der Waals surface area contributed by atoms with E-state index in [9.17, 15) is 0 Å². The molecule has 1 N–H and O–H groups in total. The Morgan fingerprint density at radius 2 is 2.38 bits per heavy atom. The summed E-state index contributed by atoms with van der Waals surface area (Å²) in [4.78, 5) is 4.11. The zero-order valence-corrected chi connectivity index (χ0v) is 7.47. The number of alkyl halides is 1. The first kappa shape index (κ1) is 8.09. The molecule has 3 nitrogen and oxygen atoms in total. The van der Waals surface area contributed by atoms with E-state index in [1.807, 2.05) is 6.07 Å². The van der Waals surface area contributed by atoms with Crippen LogP contribution in [0, 0.1) is 11.8 Å². The number of halogens is 1.